The number of carbonyl (C=O) groups excluding carboxylic acids is 2. The van der Waals surface area contributed by atoms with E-state index < -0.39 is 11.6 Å². The van der Waals surface area contributed by atoms with Gasteiger partial charge in [0.2, 0.25) is 0 Å². The Hall–Kier alpha value is -2.12. The van der Waals surface area contributed by atoms with Crippen LogP contribution in [-0.4, -0.2) is 47.9 Å². The summed E-state index contributed by atoms with van der Waals surface area (Å²) in [5.41, 5.74) is -0.0206. The van der Waals surface area contributed by atoms with Crippen LogP contribution in [0.2, 0.25) is 0 Å². The zero-order valence-electron chi connectivity index (χ0n) is 15.0. The first-order chi connectivity index (χ1) is 11.7. The van der Waals surface area contributed by atoms with Gasteiger partial charge < -0.3 is 25.8 Å². The molecule has 1 heterocycles. The molecular weight excluding hydrogens is 322 g/mol. The molecule has 1 aliphatic heterocycles. The van der Waals surface area contributed by atoms with Crippen LogP contribution in [0.3, 0.4) is 0 Å². The van der Waals surface area contributed by atoms with Crippen molar-refractivity contribution >= 4 is 17.6 Å². The topological polar surface area (TPSA) is 99.7 Å². The smallest absolute Gasteiger partial charge is 0.319 e. The number of benzene rings is 1. The van der Waals surface area contributed by atoms with Gasteiger partial charge in [0, 0.05) is 30.0 Å². The SMILES string of the molecule is CC(C)(C)NC(=O)c1cccc(NC(=O)NC2(CO)CCOCC2)c1. The number of carbonyl (C=O) groups is 2. The van der Waals surface area contributed by atoms with Gasteiger partial charge in [-0.15, -0.1) is 0 Å². The molecule has 7 heteroatoms. The number of aliphatic hydroxyl groups excluding tert-OH is 1. The monoisotopic (exact) mass is 349 g/mol. The molecule has 0 aromatic heterocycles. The molecular formula is C18H27N3O4. The largest absolute Gasteiger partial charge is 0.394 e. The molecule has 3 amide bonds. The van der Waals surface area contributed by atoms with E-state index in [0.717, 1.165) is 0 Å². The predicted octanol–water partition coefficient (Wildman–Crippen LogP) is 1.88. The van der Waals surface area contributed by atoms with Crippen LogP contribution in [0.1, 0.15) is 44.0 Å². The second-order valence-electron chi connectivity index (χ2n) is 7.41. The third kappa shape index (κ3) is 5.72. The van der Waals surface area contributed by atoms with Crippen molar-refractivity contribution in [3.63, 3.8) is 0 Å². The van der Waals surface area contributed by atoms with Gasteiger partial charge in [-0.05, 0) is 51.8 Å². The van der Waals surface area contributed by atoms with Crippen molar-refractivity contribution in [1.82, 2.24) is 10.6 Å². The van der Waals surface area contributed by atoms with Crippen LogP contribution in [0.15, 0.2) is 24.3 Å². The standard InChI is InChI=1S/C18H27N3O4/c1-17(2,3)20-15(23)13-5-4-6-14(11-13)19-16(24)21-18(12-22)7-9-25-10-8-18/h4-6,11,22H,7-10,12H2,1-3H3,(H,20,23)(H2,19,21,24). The normalized spacial score (nSPS) is 16.8. The van der Waals surface area contributed by atoms with Crippen LogP contribution in [-0.2, 0) is 4.74 Å². The third-order valence-corrected chi connectivity index (χ3v) is 4.00. The fraction of sp³-hybridized carbons (Fsp3) is 0.556. The molecule has 1 aliphatic rings. The first kappa shape index (κ1) is 19.2. The minimum atomic E-state index is -0.663. The van der Waals surface area contributed by atoms with Crippen LogP contribution in [0.4, 0.5) is 10.5 Å². The van der Waals surface area contributed by atoms with Crippen LogP contribution in [0.5, 0.6) is 0 Å². The van der Waals surface area contributed by atoms with E-state index in [1.165, 1.54) is 0 Å². The van der Waals surface area contributed by atoms with Gasteiger partial charge in [-0.25, -0.2) is 4.79 Å². The molecule has 1 saturated heterocycles. The van der Waals surface area contributed by atoms with Crippen LogP contribution in [0.25, 0.3) is 0 Å². The van der Waals surface area contributed by atoms with E-state index in [-0.39, 0.29) is 18.1 Å². The summed E-state index contributed by atoms with van der Waals surface area (Å²) in [6.45, 7) is 6.58. The first-order valence-corrected chi connectivity index (χ1v) is 8.43. The minimum absolute atomic E-state index is 0.141. The van der Waals surface area contributed by atoms with Crippen molar-refractivity contribution in [3.05, 3.63) is 29.8 Å². The summed E-state index contributed by atoms with van der Waals surface area (Å²) in [5, 5.41) is 18.1. The summed E-state index contributed by atoms with van der Waals surface area (Å²) in [6.07, 6.45) is 1.12. The molecule has 0 bridgehead atoms. The van der Waals surface area contributed by atoms with E-state index >= 15 is 0 Å². The summed E-state index contributed by atoms with van der Waals surface area (Å²) >= 11 is 0. The Labute approximate surface area is 148 Å². The Kier molecular flexibility index (Phi) is 6.02. The zero-order chi connectivity index (χ0) is 18.5. The third-order valence-electron chi connectivity index (χ3n) is 4.00. The lowest BCUT2D eigenvalue weighted by atomic mass is 9.91. The molecule has 7 nitrogen and oxygen atoms in total. The van der Waals surface area contributed by atoms with Gasteiger partial charge in [0.25, 0.3) is 5.91 Å². The van der Waals surface area contributed by atoms with E-state index in [4.69, 9.17) is 4.74 Å². The molecule has 0 aliphatic carbocycles. The van der Waals surface area contributed by atoms with Gasteiger partial charge in [0.05, 0.1) is 12.1 Å². The van der Waals surface area contributed by atoms with Gasteiger partial charge in [-0.3, -0.25) is 4.79 Å². The number of amides is 3. The van der Waals surface area contributed by atoms with E-state index in [9.17, 15) is 14.7 Å². The van der Waals surface area contributed by atoms with Crippen molar-refractivity contribution in [1.29, 1.82) is 0 Å². The average Bonchev–Trinajstić information content (AvgIpc) is 2.54. The molecule has 0 spiro atoms. The maximum absolute atomic E-state index is 12.3. The van der Waals surface area contributed by atoms with Crippen LogP contribution < -0.4 is 16.0 Å². The van der Waals surface area contributed by atoms with Crippen LogP contribution >= 0.6 is 0 Å². The number of nitrogens with one attached hydrogen (secondary N) is 3. The van der Waals surface area contributed by atoms with E-state index in [1.54, 1.807) is 24.3 Å². The Bertz CT molecular complexity index is 619. The second-order valence-corrected chi connectivity index (χ2v) is 7.41. The number of urea groups is 1. The lowest BCUT2D eigenvalue weighted by molar-refractivity contribution is 0.0179. The van der Waals surface area contributed by atoms with Gasteiger partial charge in [-0.2, -0.15) is 0 Å². The number of rotatable bonds is 4. The Balaban J connectivity index is 2.01. The van der Waals surface area contributed by atoms with Gasteiger partial charge in [0.1, 0.15) is 0 Å². The Morgan fingerprint density at radius 1 is 1.24 bits per heavy atom. The first-order valence-electron chi connectivity index (χ1n) is 8.43. The maximum atomic E-state index is 12.3. The summed E-state index contributed by atoms with van der Waals surface area (Å²) < 4.78 is 5.28. The second kappa shape index (κ2) is 7.84. The van der Waals surface area contributed by atoms with Gasteiger partial charge >= 0.3 is 6.03 Å². The summed E-state index contributed by atoms with van der Waals surface area (Å²) in [7, 11) is 0. The van der Waals surface area contributed by atoms with Crippen molar-refractivity contribution in [2.45, 2.75) is 44.7 Å². The summed E-state index contributed by atoms with van der Waals surface area (Å²) in [4.78, 5) is 24.5. The number of ether oxygens (including phenoxy) is 1. The van der Waals surface area contributed by atoms with Crippen molar-refractivity contribution in [2.75, 3.05) is 25.1 Å². The fourth-order valence-electron chi connectivity index (χ4n) is 2.64. The number of hydrogen-bond acceptors (Lipinski definition) is 4. The van der Waals surface area contributed by atoms with E-state index in [1.807, 2.05) is 20.8 Å². The summed E-state index contributed by atoms with van der Waals surface area (Å²) in [6, 6.07) is 6.32. The molecule has 25 heavy (non-hydrogen) atoms. The number of aliphatic hydroxyl groups is 1. The lowest BCUT2D eigenvalue weighted by Crippen LogP contribution is -2.55. The molecule has 0 saturated carbocycles. The van der Waals surface area contributed by atoms with Crippen molar-refractivity contribution < 1.29 is 19.4 Å². The Morgan fingerprint density at radius 2 is 1.92 bits per heavy atom. The number of anilines is 1. The highest BCUT2D eigenvalue weighted by molar-refractivity contribution is 5.97. The molecule has 0 unspecified atom stereocenters. The zero-order valence-corrected chi connectivity index (χ0v) is 15.0. The van der Waals surface area contributed by atoms with Gasteiger partial charge in [0.15, 0.2) is 0 Å². The van der Waals surface area contributed by atoms with Crippen molar-refractivity contribution in [3.8, 4) is 0 Å². The van der Waals surface area contributed by atoms with Gasteiger partial charge in [-0.1, -0.05) is 6.07 Å². The Morgan fingerprint density at radius 3 is 2.52 bits per heavy atom. The molecule has 2 rings (SSSR count). The highest BCUT2D eigenvalue weighted by atomic mass is 16.5. The lowest BCUT2D eigenvalue weighted by Gasteiger charge is -2.36. The van der Waals surface area contributed by atoms with Crippen molar-refractivity contribution in [2.24, 2.45) is 0 Å². The minimum Gasteiger partial charge on any atom is -0.394 e. The molecule has 138 valence electrons. The highest BCUT2D eigenvalue weighted by Gasteiger charge is 2.33. The quantitative estimate of drug-likeness (QED) is 0.667. The molecule has 4 N–H and O–H groups in total. The molecule has 1 fully saturated rings. The van der Waals surface area contributed by atoms with E-state index in [0.29, 0.717) is 37.3 Å². The highest BCUT2D eigenvalue weighted by Crippen LogP contribution is 2.20. The van der Waals surface area contributed by atoms with Crippen LogP contribution in [0, 0.1) is 0 Å². The maximum Gasteiger partial charge on any atom is 0.319 e. The average molecular weight is 349 g/mol. The summed E-state index contributed by atoms with van der Waals surface area (Å²) in [5.74, 6) is -0.201. The fourth-order valence-corrected chi connectivity index (χ4v) is 2.64. The molecule has 1 aromatic carbocycles. The molecule has 1 aromatic rings. The number of hydrogen-bond donors (Lipinski definition) is 4. The molecule has 0 radical (unpaired) electrons. The van der Waals surface area contributed by atoms with E-state index in [2.05, 4.69) is 16.0 Å². The molecule has 0 atom stereocenters. The predicted molar refractivity (Wildman–Crippen MR) is 95.7 cm³/mol.